The molecule has 4 nitrogen and oxygen atoms in total. The van der Waals surface area contributed by atoms with Crippen LogP contribution in [0.4, 0.5) is 0 Å². The number of hydrogen-bond acceptors (Lipinski definition) is 4. The topological polar surface area (TPSA) is 36.9 Å². The molecule has 0 unspecified atom stereocenters. The van der Waals surface area contributed by atoms with Crippen LogP contribution in [0.5, 0.6) is 0 Å². The summed E-state index contributed by atoms with van der Waals surface area (Å²) in [6.07, 6.45) is 14.2. The van der Waals surface area contributed by atoms with Crippen molar-refractivity contribution in [2.45, 2.75) is 77.2 Å². The standard InChI is InChI=1S/C12H36O4Si5/c1-2-3-4-5-6-7-8-9-10-11-12-18-14-20-16-21-15-19-13-17/h2-12,18-21H2,1,17H3. The molecule has 0 spiro atoms. The average Bonchev–Trinajstić information content (AvgIpc) is 2.50. The molecule has 0 bridgehead atoms. The fourth-order valence-corrected chi connectivity index (χ4v) is 9.82. The molecule has 128 valence electrons. The van der Waals surface area contributed by atoms with E-state index in [2.05, 4.69) is 6.92 Å². The first kappa shape index (κ1) is 21.9. The largest absolute Gasteiger partial charge is 0.449 e. The van der Waals surface area contributed by atoms with Gasteiger partial charge in [-0.2, -0.15) is 0 Å². The van der Waals surface area contributed by atoms with E-state index < -0.39 is 30.0 Å². The van der Waals surface area contributed by atoms with E-state index in [0.717, 1.165) is 10.5 Å². The van der Waals surface area contributed by atoms with E-state index >= 15 is 0 Å². The van der Waals surface area contributed by atoms with Gasteiger partial charge in [0.25, 0.3) is 30.0 Å². The molecule has 0 aromatic heterocycles. The van der Waals surface area contributed by atoms with E-state index in [9.17, 15) is 0 Å². The molecule has 9 heteroatoms. The van der Waals surface area contributed by atoms with E-state index in [1.807, 2.05) is 0 Å². The Morgan fingerprint density at radius 3 is 1.81 bits per heavy atom. The molecular weight excluding hydrogens is 349 g/mol. The van der Waals surface area contributed by atoms with Gasteiger partial charge in [0.1, 0.15) is 20.2 Å². The zero-order chi connectivity index (χ0) is 15.4. The Kier molecular flexibility index (Phi) is 21.8. The average molecular weight is 385 g/mol. The molecular formula is C12H36O4Si5. The first-order valence-electron chi connectivity index (χ1n) is 8.64. The molecule has 0 aliphatic rings. The van der Waals surface area contributed by atoms with Crippen LogP contribution < -0.4 is 0 Å². The second-order valence-electron chi connectivity index (χ2n) is 5.49. The highest BCUT2D eigenvalue weighted by Crippen LogP contribution is 2.11. The molecule has 0 amide bonds. The van der Waals surface area contributed by atoms with Gasteiger partial charge < -0.3 is 16.5 Å². The first-order valence-corrected chi connectivity index (χ1v) is 14.5. The molecule has 21 heavy (non-hydrogen) atoms. The quantitative estimate of drug-likeness (QED) is 0.241. The summed E-state index contributed by atoms with van der Waals surface area (Å²) in [4.78, 5) is 0. The Morgan fingerprint density at radius 1 is 0.667 bits per heavy atom. The van der Waals surface area contributed by atoms with Crippen LogP contribution in [0, 0.1) is 0 Å². The Balaban J connectivity index is 2.90. The van der Waals surface area contributed by atoms with Crippen molar-refractivity contribution in [1.29, 1.82) is 0 Å². The van der Waals surface area contributed by atoms with Crippen molar-refractivity contribution in [3.8, 4) is 0 Å². The lowest BCUT2D eigenvalue weighted by Crippen LogP contribution is -2.15. The van der Waals surface area contributed by atoms with Crippen molar-refractivity contribution < 1.29 is 16.5 Å². The molecule has 0 aliphatic carbocycles. The smallest absolute Gasteiger partial charge is 0.286 e. The van der Waals surface area contributed by atoms with Gasteiger partial charge in [0.2, 0.25) is 0 Å². The summed E-state index contributed by atoms with van der Waals surface area (Å²) in [5.41, 5.74) is 0. The number of hydrogen-bond donors (Lipinski definition) is 0. The fourth-order valence-electron chi connectivity index (χ4n) is 2.20. The predicted octanol–water partition coefficient (Wildman–Crippen LogP) is -0.247. The molecule has 0 radical (unpaired) electrons. The molecule has 0 aromatic rings. The van der Waals surface area contributed by atoms with E-state index in [1.54, 1.807) is 0 Å². The monoisotopic (exact) mass is 384 g/mol. The van der Waals surface area contributed by atoms with Gasteiger partial charge in [0.15, 0.2) is 0 Å². The van der Waals surface area contributed by atoms with Gasteiger partial charge >= 0.3 is 0 Å². The van der Waals surface area contributed by atoms with E-state index in [1.165, 1.54) is 70.3 Å². The third-order valence-electron chi connectivity index (χ3n) is 3.43. The molecule has 0 saturated carbocycles. The van der Waals surface area contributed by atoms with Crippen LogP contribution >= 0.6 is 0 Å². The van der Waals surface area contributed by atoms with E-state index in [0.29, 0.717) is 0 Å². The second kappa shape index (κ2) is 20.9. The molecule has 0 saturated heterocycles. The third kappa shape index (κ3) is 20.9. The summed E-state index contributed by atoms with van der Waals surface area (Å²) in [7, 11) is -1.60. The number of unbranched alkanes of at least 4 members (excludes halogenated alkanes) is 9. The Hall–Kier alpha value is 0.924. The van der Waals surface area contributed by atoms with Gasteiger partial charge in [0, 0.05) is 0 Å². The highest BCUT2D eigenvalue weighted by atomic mass is 28.4. The van der Waals surface area contributed by atoms with E-state index in [-0.39, 0.29) is 9.76 Å². The molecule has 0 aliphatic heterocycles. The third-order valence-corrected chi connectivity index (χ3v) is 9.65. The van der Waals surface area contributed by atoms with E-state index in [4.69, 9.17) is 16.5 Å². The van der Waals surface area contributed by atoms with Gasteiger partial charge in [0.05, 0.1) is 0 Å². The minimum absolute atomic E-state index is 0.291. The maximum Gasteiger partial charge on any atom is 0.286 e. The van der Waals surface area contributed by atoms with Crippen LogP contribution in [0.25, 0.3) is 0 Å². The lowest BCUT2D eigenvalue weighted by Gasteiger charge is -2.06. The van der Waals surface area contributed by atoms with Crippen molar-refractivity contribution in [3.05, 3.63) is 0 Å². The molecule has 0 fully saturated rings. The Bertz CT molecular complexity index is 173. The van der Waals surface area contributed by atoms with Crippen LogP contribution in [-0.4, -0.2) is 50.3 Å². The number of rotatable bonds is 18. The molecule has 0 aromatic carbocycles. The van der Waals surface area contributed by atoms with Crippen molar-refractivity contribution >= 4 is 50.3 Å². The van der Waals surface area contributed by atoms with Gasteiger partial charge in [-0.05, 0) is 6.04 Å². The van der Waals surface area contributed by atoms with Crippen LogP contribution in [0.1, 0.15) is 71.1 Å². The second-order valence-corrected chi connectivity index (χ2v) is 14.5. The summed E-state index contributed by atoms with van der Waals surface area (Å²) in [5, 5.41) is 0. The Labute approximate surface area is 144 Å². The van der Waals surface area contributed by atoms with Crippen LogP contribution in [0.3, 0.4) is 0 Å². The summed E-state index contributed by atoms with van der Waals surface area (Å²) < 4.78 is 21.6. The summed E-state index contributed by atoms with van der Waals surface area (Å²) in [6, 6.07) is 1.33. The minimum atomic E-state index is -0.744. The zero-order valence-electron chi connectivity index (χ0n) is 14.2. The minimum Gasteiger partial charge on any atom is -0.449 e. The molecule has 0 heterocycles. The predicted molar refractivity (Wildman–Crippen MR) is 105 cm³/mol. The molecule has 0 atom stereocenters. The van der Waals surface area contributed by atoms with Gasteiger partial charge in [-0.15, -0.1) is 0 Å². The highest BCUT2D eigenvalue weighted by molar-refractivity contribution is 6.46. The van der Waals surface area contributed by atoms with Crippen molar-refractivity contribution in [2.24, 2.45) is 0 Å². The first-order chi connectivity index (χ1) is 10.4. The summed E-state index contributed by atoms with van der Waals surface area (Å²) >= 11 is 0. The van der Waals surface area contributed by atoms with Gasteiger partial charge in [-0.1, -0.05) is 71.1 Å². The highest BCUT2D eigenvalue weighted by Gasteiger charge is 1.95. The van der Waals surface area contributed by atoms with Crippen LogP contribution in [-0.2, 0) is 16.5 Å². The molecule has 0 N–H and O–H groups in total. The normalized spacial score (nSPS) is 13.6. The summed E-state index contributed by atoms with van der Waals surface area (Å²) in [5.74, 6) is 0. The van der Waals surface area contributed by atoms with Gasteiger partial charge in [-0.25, -0.2) is 0 Å². The zero-order valence-corrected chi connectivity index (χ0v) is 21.9. The fraction of sp³-hybridized carbons (Fsp3) is 1.00. The maximum absolute atomic E-state index is 5.69. The van der Waals surface area contributed by atoms with Crippen molar-refractivity contribution in [2.75, 3.05) is 0 Å². The van der Waals surface area contributed by atoms with Crippen molar-refractivity contribution in [3.63, 3.8) is 0 Å². The SMILES string of the molecule is CCCCCCCCCCCC[SiH2]O[SiH2]O[SiH2]O[SiH2]O[SiH3]. The summed E-state index contributed by atoms with van der Waals surface area (Å²) in [6.45, 7) is 2.28. The van der Waals surface area contributed by atoms with Crippen LogP contribution in [0.2, 0.25) is 6.04 Å². The van der Waals surface area contributed by atoms with Crippen molar-refractivity contribution in [1.82, 2.24) is 0 Å². The maximum atomic E-state index is 5.69. The van der Waals surface area contributed by atoms with Crippen LogP contribution in [0.15, 0.2) is 0 Å². The van der Waals surface area contributed by atoms with Gasteiger partial charge in [-0.3, -0.25) is 0 Å². The lowest BCUT2D eigenvalue weighted by atomic mass is 10.1. The molecule has 0 rings (SSSR count). The Morgan fingerprint density at radius 2 is 1.19 bits per heavy atom. The lowest BCUT2D eigenvalue weighted by molar-refractivity contribution is 0.406.